The molecule has 0 saturated heterocycles. The maximum Gasteiger partial charge on any atom is 1.00 e. The molecule has 0 aliphatic carbocycles. The number of aromatic nitrogens is 2. The summed E-state index contributed by atoms with van der Waals surface area (Å²) >= 11 is 0. The van der Waals surface area contributed by atoms with Crippen molar-refractivity contribution in [2.75, 3.05) is 42.4 Å². The van der Waals surface area contributed by atoms with E-state index in [-0.39, 0.29) is 58.0 Å². The van der Waals surface area contributed by atoms with E-state index in [9.17, 15) is 34.2 Å². The predicted molar refractivity (Wildman–Crippen MR) is 332 cm³/mol. The number of amides is 2. The van der Waals surface area contributed by atoms with Crippen LogP contribution >= 0.6 is 0 Å². The van der Waals surface area contributed by atoms with E-state index in [0.717, 1.165) is 61.3 Å². The van der Waals surface area contributed by atoms with Crippen LogP contribution in [0.1, 0.15) is 75.4 Å². The van der Waals surface area contributed by atoms with Crippen LogP contribution in [0.3, 0.4) is 0 Å². The van der Waals surface area contributed by atoms with Crippen LogP contribution < -0.4 is 56.3 Å². The number of nitrogen functional groups attached to an aromatic ring is 1. The molecule has 2 heterocycles. The summed E-state index contributed by atoms with van der Waals surface area (Å²) in [6, 6.07) is 56.7. The van der Waals surface area contributed by atoms with Gasteiger partial charge in [0.15, 0.2) is 0 Å². The Balaban J connectivity index is 0.000000192. The number of hydrogen-bond donors (Lipinski definition) is 5. The average molecular weight is 1150 g/mol. The van der Waals surface area contributed by atoms with E-state index in [2.05, 4.69) is 30.7 Å². The molecule has 2 aromatic heterocycles. The molecule has 0 fully saturated rings. The van der Waals surface area contributed by atoms with Crippen molar-refractivity contribution in [1.82, 2.24) is 9.97 Å². The number of nitrogens with zero attached hydrogens (tertiary/aromatic N) is 2. The first-order valence-electron chi connectivity index (χ1n) is 27.0. The number of carboxylic acid groups (broad SMARTS) is 1. The van der Waals surface area contributed by atoms with Crippen molar-refractivity contribution in [3.63, 3.8) is 0 Å². The van der Waals surface area contributed by atoms with Gasteiger partial charge < -0.3 is 46.2 Å². The molecular formula is C70H61N6NaO9. The third-order valence-corrected chi connectivity index (χ3v) is 13.8. The Morgan fingerprint density at radius 3 is 1.44 bits per heavy atom. The monoisotopic (exact) mass is 1150 g/mol. The molecule has 0 radical (unpaired) electrons. The van der Waals surface area contributed by atoms with Gasteiger partial charge in [-0.25, -0.2) is 9.59 Å². The number of benzene rings is 8. The zero-order chi connectivity index (χ0) is 60.6. The number of aromatic carboxylic acids is 1. The predicted octanol–water partition coefficient (Wildman–Crippen LogP) is 10.3. The Hall–Kier alpha value is -10.2. The van der Waals surface area contributed by atoms with Crippen LogP contribution in [0.5, 0.6) is 5.75 Å². The molecule has 0 saturated carbocycles. The number of hydrogen-bond acceptors (Lipinski definition) is 13. The molecule has 0 spiro atoms. The molecular weight excluding hydrogens is 1090 g/mol. The number of rotatable bonds is 14. The summed E-state index contributed by atoms with van der Waals surface area (Å²) < 4.78 is 9.60. The quantitative estimate of drug-likeness (QED) is 0.0388. The smallest absolute Gasteiger partial charge is 0.545 e. The number of methoxy groups -OCH3 is 2. The van der Waals surface area contributed by atoms with Gasteiger partial charge in [-0.05, 0) is 150 Å². The Labute approximate surface area is 521 Å². The Bertz CT molecular complexity index is 4080. The number of aryl methyl sites for hydroxylation is 3. The van der Waals surface area contributed by atoms with Gasteiger partial charge in [0.2, 0.25) is 0 Å². The topological polar surface area (TPSA) is 235 Å². The van der Waals surface area contributed by atoms with Gasteiger partial charge in [-0.1, -0.05) is 121 Å². The van der Waals surface area contributed by atoms with E-state index < -0.39 is 23.8 Å². The van der Waals surface area contributed by atoms with E-state index in [4.69, 9.17) is 10.5 Å². The van der Waals surface area contributed by atoms with E-state index in [0.29, 0.717) is 45.7 Å². The molecule has 2 amide bonds. The number of phenols is 1. The molecule has 6 N–H and O–H groups in total. The second kappa shape index (κ2) is 29.9. The van der Waals surface area contributed by atoms with Gasteiger partial charge in [0.25, 0.3) is 11.8 Å². The molecule has 8 aromatic carbocycles. The second-order valence-electron chi connectivity index (χ2n) is 19.5. The third-order valence-electron chi connectivity index (χ3n) is 13.8. The molecule has 0 atom stereocenters. The van der Waals surface area contributed by atoms with Crippen molar-refractivity contribution in [3.8, 4) is 61.4 Å². The summed E-state index contributed by atoms with van der Waals surface area (Å²) in [4.78, 5) is 70.2. The Morgan fingerprint density at radius 2 is 0.919 bits per heavy atom. The normalized spacial score (nSPS) is 10.3. The van der Waals surface area contributed by atoms with Gasteiger partial charge in [-0.2, -0.15) is 0 Å². The van der Waals surface area contributed by atoms with Crippen LogP contribution in [0.4, 0.5) is 22.7 Å². The van der Waals surface area contributed by atoms with Crippen LogP contribution in [0.15, 0.2) is 213 Å². The van der Waals surface area contributed by atoms with Gasteiger partial charge in [0, 0.05) is 70.5 Å². The van der Waals surface area contributed by atoms with Gasteiger partial charge >= 0.3 is 41.5 Å². The SMILES string of the molecule is CCNc1ccccc1-c1ccc(C(=O)[O-])c(NC(=O)c2cc(-c3cccnc3)ccc2O)c1.COC(=O)c1ccc(-c2ccccc2C)cc1N.COC(=O)c1ccc(-c2ccccc2C)cc1NC(=O)c1cc(-c2cccnc2)ccc1C.[Na+]. The number of esters is 2. The first-order chi connectivity index (χ1) is 41.1. The van der Waals surface area contributed by atoms with E-state index in [1.165, 1.54) is 38.0 Å². The molecule has 86 heavy (non-hydrogen) atoms. The molecule has 10 aromatic rings. The largest absolute Gasteiger partial charge is 1.00 e. The molecule has 0 bridgehead atoms. The summed E-state index contributed by atoms with van der Waals surface area (Å²) in [6.07, 6.45) is 6.75. The van der Waals surface area contributed by atoms with Crippen LogP contribution in [-0.4, -0.2) is 65.6 Å². The number of carbonyl (C=O) groups excluding carboxylic acids is 5. The number of nitrogens with two attached hydrogens (primary N) is 1. The zero-order valence-electron chi connectivity index (χ0n) is 48.6. The first kappa shape index (κ1) is 63.4. The maximum absolute atomic E-state index is 13.3. The molecule has 0 aliphatic rings. The average Bonchev–Trinajstić information content (AvgIpc) is 3.22. The second-order valence-corrected chi connectivity index (χ2v) is 19.5. The summed E-state index contributed by atoms with van der Waals surface area (Å²) in [6.45, 7) is 8.64. The van der Waals surface area contributed by atoms with Crippen molar-refractivity contribution >= 4 is 52.5 Å². The fourth-order valence-electron chi connectivity index (χ4n) is 9.39. The summed E-state index contributed by atoms with van der Waals surface area (Å²) in [7, 11) is 2.67. The Kier molecular flexibility index (Phi) is 22.0. The third kappa shape index (κ3) is 15.5. The van der Waals surface area contributed by atoms with Crippen molar-refractivity contribution < 1.29 is 73.2 Å². The number of anilines is 4. The molecule has 15 nitrogen and oxygen atoms in total. The number of carboxylic acids is 1. The van der Waals surface area contributed by atoms with Crippen molar-refractivity contribution in [3.05, 3.63) is 257 Å². The number of pyridine rings is 2. The number of aromatic hydroxyl groups is 1. The molecule has 16 heteroatoms. The van der Waals surface area contributed by atoms with E-state index in [1.54, 1.807) is 67.3 Å². The van der Waals surface area contributed by atoms with Crippen LogP contribution in [-0.2, 0) is 9.47 Å². The standard InChI is InChI=1S/C28H24N2O3.C27H23N3O4.C15H15NO2.Na/c1-18-7-4-5-9-23(18)21-12-13-24(28(32)33-3)26(16-21)30-27(31)25-15-20(11-10-19(25)2)22-8-6-14-29-17-22;1-2-29-23-8-4-3-7-20(23)18-9-11-21(27(33)34)24(15-18)30-26(32)22-14-17(10-12-25(22)31)19-6-5-13-28-16-19;1-10-5-3-4-6-12(10)11-7-8-13(14(16)9-11)15(17)18-2;/h4-17H,1-3H3,(H,30,31);3-16,29,31H,2H2,1H3,(H,30,32)(H,33,34);3-9H,16H2,1-2H3;/q;;;+1/p-1. The number of para-hydroxylation sites is 1. The molecule has 0 unspecified atom stereocenters. The summed E-state index contributed by atoms with van der Waals surface area (Å²) in [5.41, 5.74) is 20.7. The fourth-order valence-corrected chi connectivity index (χ4v) is 9.39. The minimum absolute atomic E-state index is 0. The fraction of sp³-hybridized carbons (Fsp3) is 0.100. The van der Waals surface area contributed by atoms with E-state index >= 15 is 0 Å². The molecule has 0 aliphatic heterocycles. The van der Waals surface area contributed by atoms with Gasteiger partial charge in [-0.15, -0.1) is 0 Å². The van der Waals surface area contributed by atoms with Crippen molar-refractivity contribution in [2.24, 2.45) is 0 Å². The first-order valence-corrected chi connectivity index (χ1v) is 27.0. The van der Waals surface area contributed by atoms with Gasteiger partial charge in [0.05, 0.1) is 48.3 Å². The van der Waals surface area contributed by atoms with E-state index in [1.807, 2.05) is 155 Å². The minimum atomic E-state index is -1.42. The number of carbonyl (C=O) groups is 5. The van der Waals surface area contributed by atoms with Crippen LogP contribution in [0, 0.1) is 20.8 Å². The number of ether oxygens (including phenoxy) is 2. The van der Waals surface area contributed by atoms with Crippen LogP contribution in [0.25, 0.3) is 55.6 Å². The van der Waals surface area contributed by atoms with Gasteiger partial charge in [-0.3, -0.25) is 19.6 Å². The minimum Gasteiger partial charge on any atom is -0.545 e. The zero-order valence-corrected chi connectivity index (χ0v) is 50.6. The molecule has 10 rings (SSSR count). The van der Waals surface area contributed by atoms with Crippen molar-refractivity contribution in [1.29, 1.82) is 0 Å². The maximum atomic E-state index is 13.3. The summed E-state index contributed by atoms with van der Waals surface area (Å²) in [5.74, 6) is -3.52. The number of nitrogens with one attached hydrogen (secondary N) is 3. The summed E-state index contributed by atoms with van der Waals surface area (Å²) in [5, 5.41) is 30.9. The number of phenolic OH excluding ortho intramolecular Hbond substituents is 1. The van der Waals surface area contributed by atoms with Gasteiger partial charge in [0.1, 0.15) is 5.75 Å². The van der Waals surface area contributed by atoms with Crippen LogP contribution in [0.2, 0.25) is 0 Å². The molecule has 426 valence electrons. The van der Waals surface area contributed by atoms with Crippen molar-refractivity contribution in [2.45, 2.75) is 27.7 Å². The Morgan fingerprint density at radius 1 is 0.465 bits per heavy atom.